The zero-order chi connectivity index (χ0) is 14.5. The number of carbonyl (C=O) groups excluding carboxylic acids is 1. The van der Waals surface area contributed by atoms with Gasteiger partial charge in [-0.15, -0.1) is 0 Å². The van der Waals surface area contributed by atoms with Crippen LogP contribution >= 0.6 is 0 Å². The predicted molar refractivity (Wildman–Crippen MR) is 74.7 cm³/mol. The summed E-state index contributed by atoms with van der Waals surface area (Å²) in [5.41, 5.74) is 6.87. The van der Waals surface area contributed by atoms with E-state index in [-0.39, 0.29) is 6.61 Å². The van der Waals surface area contributed by atoms with E-state index < -0.39 is 12.2 Å². The first-order chi connectivity index (χ1) is 9.65. The fourth-order valence-electron chi connectivity index (χ4n) is 1.91. The first-order valence-electron chi connectivity index (χ1n) is 6.35. The third-order valence-corrected chi connectivity index (χ3v) is 2.72. The quantitative estimate of drug-likeness (QED) is 0.620. The molecular formula is C14H18N2O4. The summed E-state index contributed by atoms with van der Waals surface area (Å²) in [5, 5.41) is 0.857. The third-order valence-electron chi connectivity index (χ3n) is 2.72. The molecule has 1 heterocycles. The van der Waals surface area contributed by atoms with Gasteiger partial charge in [0.25, 0.3) is 0 Å². The van der Waals surface area contributed by atoms with Gasteiger partial charge in [-0.25, -0.2) is 4.79 Å². The number of hydrogen-bond donors (Lipinski definition) is 2. The molecule has 0 aliphatic heterocycles. The van der Waals surface area contributed by atoms with Gasteiger partial charge < -0.3 is 19.2 Å². The van der Waals surface area contributed by atoms with E-state index in [0.29, 0.717) is 23.6 Å². The molecule has 1 aromatic carbocycles. The van der Waals surface area contributed by atoms with Crippen LogP contribution in [0.2, 0.25) is 0 Å². The molecule has 0 spiro atoms. The maximum atomic E-state index is 11.7. The smallest absolute Gasteiger partial charge is 0.354 e. The summed E-state index contributed by atoms with van der Waals surface area (Å²) >= 11 is 0. The number of methoxy groups -OCH3 is 1. The SMILES string of the molecule is CCOC(=O)c1cc2cccc(OC(N)COC)c2[nH]1. The van der Waals surface area contributed by atoms with Gasteiger partial charge in [0.05, 0.1) is 18.7 Å². The predicted octanol–water partition coefficient (Wildman–Crippen LogP) is 1.65. The molecule has 108 valence electrons. The third kappa shape index (κ3) is 3.09. The van der Waals surface area contributed by atoms with Gasteiger partial charge in [0.15, 0.2) is 6.23 Å². The van der Waals surface area contributed by atoms with Gasteiger partial charge in [-0.05, 0) is 19.1 Å². The van der Waals surface area contributed by atoms with Gasteiger partial charge >= 0.3 is 5.97 Å². The summed E-state index contributed by atoms with van der Waals surface area (Å²) in [6, 6.07) is 7.22. The monoisotopic (exact) mass is 278 g/mol. The summed E-state index contributed by atoms with van der Waals surface area (Å²) in [6.07, 6.45) is -0.569. The number of aromatic amines is 1. The molecular weight excluding hydrogens is 260 g/mol. The van der Waals surface area contributed by atoms with Crippen LogP contribution in [0.15, 0.2) is 24.3 Å². The van der Waals surface area contributed by atoms with Gasteiger partial charge in [0.1, 0.15) is 11.4 Å². The van der Waals surface area contributed by atoms with E-state index in [9.17, 15) is 4.79 Å². The van der Waals surface area contributed by atoms with E-state index in [1.54, 1.807) is 26.2 Å². The number of benzene rings is 1. The van der Waals surface area contributed by atoms with Gasteiger partial charge in [-0.2, -0.15) is 0 Å². The minimum Gasteiger partial charge on any atom is -0.471 e. The Balaban J connectivity index is 2.29. The van der Waals surface area contributed by atoms with Crippen molar-refractivity contribution in [1.82, 2.24) is 4.98 Å². The van der Waals surface area contributed by atoms with Crippen molar-refractivity contribution in [3.8, 4) is 5.75 Å². The number of fused-ring (bicyclic) bond motifs is 1. The number of para-hydroxylation sites is 1. The van der Waals surface area contributed by atoms with Crippen LogP contribution in [0.5, 0.6) is 5.75 Å². The summed E-state index contributed by atoms with van der Waals surface area (Å²) < 4.78 is 15.5. The standard InChI is InChI=1S/C14H18N2O4/c1-3-19-14(17)10-7-9-5-4-6-11(13(9)16-10)20-12(15)8-18-2/h4-7,12,16H,3,8,15H2,1-2H3. The van der Waals surface area contributed by atoms with E-state index in [1.807, 2.05) is 12.1 Å². The Morgan fingerprint density at radius 2 is 2.25 bits per heavy atom. The number of carbonyl (C=O) groups is 1. The second kappa shape index (κ2) is 6.40. The summed E-state index contributed by atoms with van der Waals surface area (Å²) in [4.78, 5) is 14.7. The van der Waals surface area contributed by atoms with Crippen molar-refractivity contribution in [3.05, 3.63) is 30.0 Å². The van der Waals surface area contributed by atoms with E-state index in [4.69, 9.17) is 19.9 Å². The summed E-state index contributed by atoms with van der Waals surface area (Å²) in [7, 11) is 1.55. The highest BCUT2D eigenvalue weighted by atomic mass is 16.5. The summed E-state index contributed by atoms with van der Waals surface area (Å²) in [6.45, 7) is 2.37. The topological polar surface area (TPSA) is 86.6 Å². The Labute approximate surface area is 116 Å². The number of ether oxygens (including phenoxy) is 3. The maximum Gasteiger partial charge on any atom is 0.354 e. The van der Waals surface area contributed by atoms with Crippen LogP contribution < -0.4 is 10.5 Å². The van der Waals surface area contributed by atoms with E-state index >= 15 is 0 Å². The molecule has 0 fully saturated rings. The fraction of sp³-hybridized carbons (Fsp3) is 0.357. The lowest BCUT2D eigenvalue weighted by molar-refractivity contribution is 0.0520. The van der Waals surface area contributed by atoms with Crippen LogP contribution in [-0.2, 0) is 9.47 Å². The Morgan fingerprint density at radius 1 is 1.45 bits per heavy atom. The van der Waals surface area contributed by atoms with Gasteiger partial charge in [0, 0.05) is 12.5 Å². The molecule has 0 amide bonds. The largest absolute Gasteiger partial charge is 0.471 e. The molecule has 0 saturated carbocycles. The van der Waals surface area contributed by atoms with Crippen molar-refractivity contribution in [1.29, 1.82) is 0 Å². The molecule has 0 radical (unpaired) electrons. The molecule has 1 atom stereocenters. The minimum absolute atomic E-state index is 0.280. The Morgan fingerprint density at radius 3 is 2.95 bits per heavy atom. The number of H-pyrrole nitrogens is 1. The first-order valence-corrected chi connectivity index (χ1v) is 6.35. The zero-order valence-corrected chi connectivity index (χ0v) is 11.5. The number of aromatic nitrogens is 1. The molecule has 3 N–H and O–H groups in total. The molecule has 6 heteroatoms. The summed E-state index contributed by atoms with van der Waals surface area (Å²) in [5.74, 6) is 0.179. The Hall–Kier alpha value is -2.05. The average Bonchev–Trinajstić information content (AvgIpc) is 2.84. The van der Waals surface area contributed by atoms with Crippen molar-refractivity contribution < 1.29 is 19.0 Å². The number of rotatable bonds is 6. The van der Waals surface area contributed by atoms with Crippen molar-refractivity contribution in [2.75, 3.05) is 20.3 Å². The zero-order valence-electron chi connectivity index (χ0n) is 11.5. The van der Waals surface area contributed by atoms with Crippen molar-refractivity contribution in [2.24, 2.45) is 5.73 Å². The van der Waals surface area contributed by atoms with Crippen LogP contribution in [0, 0.1) is 0 Å². The highest BCUT2D eigenvalue weighted by molar-refractivity contribution is 5.96. The van der Waals surface area contributed by atoms with Crippen LogP contribution in [0.1, 0.15) is 17.4 Å². The highest BCUT2D eigenvalue weighted by Crippen LogP contribution is 2.26. The molecule has 6 nitrogen and oxygen atoms in total. The fourth-order valence-corrected chi connectivity index (χ4v) is 1.91. The van der Waals surface area contributed by atoms with Gasteiger partial charge in [-0.3, -0.25) is 5.73 Å². The Kier molecular flexibility index (Phi) is 4.60. The van der Waals surface area contributed by atoms with Crippen LogP contribution in [0.4, 0.5) is 0 Å². The van der Waals surface area contributed by atoms with Crippen molar-refractivity contribution >= 4 is 16.9 Å². The average molecular weight is 278 g/mol. The van der Waals surface area contributed by atoms with Crippen molar-refractivity contribution in [2.45, 2.75) is 13.2 Å². The van der Waals surface area contributed by atoms with Gasteiger partial charge in [0.2, 0.25) is 0 Å². The second-order valence-corrected chi connectivity index (χ2v) is 4.24. The molecule has 1 unspecified atom stereocenters. The van der Waals surface area contributed by atoms with Crippen molar-refractivity contribution in [3.63, 3.8) is 0 Å². The van der Waals surface area contributed by atoms with E-state index in [0.717, 1.165) is 5.39 Å². The molecule has 1 aromatic heterocycles. The molecule has 0 saturated heterocycles. The van der Waals surface area contributed by atoms with Crippen LogP contribution in [0.25, 0.3) is 10.9 Å². The van der Waals surface area contributed by atoms with Crippen LogP contribution in [-0.4, -0.2) is 37.5 Å². The number of nitrogens with two attached hydrogens (primary N) is 1. The van der Waals surface area contributed by atoms with E-state index in [1.165, 1.54) is 0 Å². The molecule has 0 bridgehead atoms. The van der Waals surface area contributed by atoms with Crippen LogP contribution in [0.3, 0.4) is 0 Å². The maximum absolute atomic E-state index is 11.7. The number of esters is 1. The molecule has 20 heavy (non-hydrogen) atoms. The number of hydrogen-bond acceptors (Lipinski definition) is 5. The lowest BCUT2D eigenvalue weighted by Gasteiger charge is -2.14. The van der Waals surface area contributed by atoms with Gasteiger partial charge in [-0.1, -0.05) is 12.1 Å². The first kappa shape index (κ1) is 14.4. The Bertz CT molecular complexity index is 594. The molecule has 0 aliphatic carbocycles. The molecule has 2 aromatic rings. The molecule has 2 rings (SSSR count). The second-order valence-electron chi connectivity index (χ2n) is 4.24. The number of nitrogens with one attached hydrogen (secondary N) is 1. The molecule has 0 aliphatic rings. The normalized spacial score (nSPS) is 12.3. The minimum atomic E-state index is -0.569. The lowest BCUT2D eigenvalue weighted by Crippen LogP contribution is -2.31. The van der Waals surface area contributed by atoms with E-state index in [2.05, 4.69) is 4.98 Å². The highest BCUT2D eigenvalue weighted by Gasteiger charge is 2.14. The lowest BCUT2D eigenvalue weighted by atomic mass is 10.2.